The van der Waals surface area contributed by atoms with Crippen molar-refractivity contribution in [1.82, 2.24) is 10.2 Å². The molecule has 1 fully saturated rings. The summed E-state index contributed by atoms with van der Waals surface area (Å²) < 4.78 is 24.4. The van der Waals surface area contributed by atoms with E-state index in [4.69, 9.17) is 18.9 Å². The smallest absolute Gasteiger partial charge is 0.303 e. The van der Waals surface area contributed by atoms with Gasteiger partial charge in [0.2, 0.25) is 0 Å². The fourth-order valence-electron chi connectivity index (χ4n) is 5.30. The van der Waals surface area contributed by atoms with Crippen LogP contribution in [0, 0.1) is 6.92 Å². The molecule has 1 aliphatic rings. The zero-order valence-corrected chi connectivity index (χ0v) is 24.2. The van der Waals surface area contributed by atoms with Gasteiger partial charge in [-0.3, -0.25) is 19.5 Å². The second-order valence-corrected chi connectivity index (χ2v) is 11.4. The number of benzene rings is 2. The summed E-state index contributed by atoms with van der Waals surface area (Å²) in [6.07, 6.45) is -0.549. The van der Waals surface area contributed by atoms with E-state index in [0.717, 1.165) is 22.3 Å². The standard InChI is InChI=1S/C31H32N2O7S/c1-17-11-25(27-9-10-32-33-27)26(14-22(17)13-24-12-21-7-5-6-8-29(21)41-24)30-31(39-20(4)36)28(38-19(3)35)15-23(40-30)16-37-18(2)34/h5-12,14,23,28,30-31H,13,15-16H2,1-4H3,(H,32,33)/t23-,28-,30-,31+/m0/s1. The number of aromatic amines is 1. The van der Waals surface area contributed by atoms with E-state index in [-0.39, 0.29) is 13.0 Å². The number of rotatable bonds is 8. The number of thiophene rings is 1. The molecule has 9 nitrogen and oxygen atoms in total. The van der Waals surface area contributed by atoms with Gasteiger partial charge in [0, 0.05) is 55.0 Å². The molecule has 0 radical (unpaired) electrons. The molecule has 2 aromatic carbocycles. The molecular weight excluding hydrogens is 544 g/mol. The Bertz CT molecular complexity index is 1530. The Hall–Kier alpha value is -4.02. The molecule has 10 heteroatoms. The lowest BCUT2D eigenvalue weighted by molar-refractivity contribution is -0.214. The molecule has 41 heavy (non-hydrogen) atoms. The van der Waals surface area contributed by atoms with E-state index >= 15 is 0 Å². The van der Waals surface area contributed by atoms with Crippen LogP contribution in [-0.2, 0) is 39.8 Å². The quantitative estimate of drug-likeness (QED) is 0.218. The third kappa shape index (κ3) is 6.66. The average molecular weight is 577 g/mol. The van der Waals surface area contributed by atoms with Crippen molar-refractivity contribution >= 4 is 39.3 Å². The minimum Gasteiger partial charge on any atom is -0.463 e. The zero-order valence-electron chi connectivity index (χ0n) is 23.3. The lowest BCUT2D eigenvalue weighted by Crippen LogP contribution is -2.49. The Balaban J connectivity index is 1.61. The Labute approximate surface area is 241 Å². The van der Waals surface area contributed by atoms with E-state index in [2.05, 4.69) is 47.5 Å². The second kappa shape index (κ2) is 12.2. The van der Waals surface area contributed by atoms with Crippen LogP contribution in [0.5, 0.6) is 0 Å². The van der Waals surface area contributed by atoms with Gasteiger partial charge in [0.05, 0.1) is 11.8 Å². The van der Waals surface area contributed by atoms with Crippen LogP contribution in [-0.4, -0.2) is 53.0 Å². The number of nitrogens with zero attached hydrogens (tertiary/aromatic N) is 1. The van der Waals surface area contributed by atoms with Crippen LogP contribution in [0.2, 0.25) is 0 Å². The first kappa shape index (κ1) is 28.5. The van der Waals surface area contributed by atoms with Crippen molar-refractivity contribution in [2.75, 3.05) is 6.61 Å². The SMILES string of the molecule is CC(=O)OC[C@@H]1C[C@H](OC(C)=O)[C@@H](OC(C)=O)[C@H](c2cc(Cc3cc4ccccc4s3)c(C)cc2-c2cc[nH]n2)O1. The zero-order chi connectivity index (χ0) is 29.1. The first-order valence-electron chi connectivity index (χ1n) is 13.4. The van der Waals surface area contributed by atoms with Gasteiger partial charge >= 0.3 is 17.9 Å². The maximum absolute atomic E-state index is 12.3. The molecule has 1 aliphatic heterocycles. The first-order valence-corrected chi connectivity index (χ1v) is 14.2. The Kier molecular flexibility index (Phi) is 8.51. The lowest BCUT2D eigenvalue weighted by atomic mass is 9.86. The fraction of sp³-hybridized carbons (Fsp3) is 0.355. The number of aryl methyl sites for hydroxylation is 1. The molecule has 3 heterocycles. The molecule has 1 saturated heterocycles. The van der Waals surface area contributed by atoms with Crippen molar-refractivity contribution in [3.63, 3.8) is 0 Å². The number of ether oxygens (including phenoxy) is 4. The van der Waals surface area contributed by atoms with E-state index in [0.29, 0.717) is 12.1 Å². The van der Waals surface area contributed by atoms with E-state index < -0.39 is 42.3 Å². The van der Waals surface area contributed by atoms with Crippen molar-refractivity contribution in [3.8, 4) is 11.3 Å². The number of hydrogen-bond donors (Lipinski definition) is 1. The Morgan fingerprint density at radius 2 is 1.80 bits per heavy atom. The van der Waals surface area contributed by atoms with Crippen LogP contribution >= 0.6 is 11.3 Å². The molecule has 4 atom stereocenters. The van der Waals surface area contributed by atoms with Gasteiger partial charge in [-0.1, -0.05) is 24.3 Å². The van der Waals surface area contributed by atoms with E-state index in [1.807, 2.05) is 18.2 Å². The molecular formula is C31H32N2O7S. The summed E-state index contributed by atoms with van der Waals surface area (Å²) in [5, 5.41) is 8.48. The third-order valence-electron chi connectivity index (χ3n) is 7.02. The van der Waals surface area contributed by atoms with Crippen LogP contribution in [0.25, 0.3) is 21.3 Å². The predicted octanol–water partition coefficient (Wildman–Crippen LogP) is 5.45. The molecule has 214 valence electrons. The van der Waals surface area contributed by atoms with Gasteiger partial charge in [0.15, 0.2) is 6.10 Å². The van der Waals surface area contributed by atoms with Gasteiger partial charge < -0.3 is 18.9 Å². The monoisotopic (exact) mass is 576 g/mol. The van der Waals surface area contributed by atoms with Gasteiger partial charge in [0.25, 0.3) is 0 Å². The van der Waals surface area contributed by atoms with Crippen LogP contribution in [0.1, 0.15) is 54.9 Å². The highest BCUT2D eigenvalue weighted by atomic mass is 32.1. The topological polar surface area (TPSA) is 117 Å². The number of nitrogens with one attached hydrogen (secondary N) is 1. The van der Waals surface area contributed by atoms with Crippen LogP contribution in [0.15, 0.2) is 54.7 Å². The van der Waals surface area contributed by atoms with Gasteiger partial charge in [-0.15, -0.1) is 11.3 Å². The van der Waals surface area contributed by atoms with Crippen molar-refractivity contribution in [3.05, 3.63) is 76.3 Å². The number of fused-ring (bicyclic) bond motifs is 1. The largest absolute Gasteiger partial charge is 0.463 e. The number of esters is 3. The summed E-state index contributed by atoms with van der Waals surface area (Å²) >= 11 is 1.75. The van der Waals surface area contributed by atoms with Crippen molar-refractivity contribution in [2.45, 2.75) is 65.0 Å². The van der Waals surface area contributed by atoms with E-state index in [9.17, 15) is 14.4 Å². The van der Waals surface area contributed by atoms with Crippen molar-refractivity contribution in [2.24, 2.45) is 0 Å². The number of H-pyrrole nitrogens is 1. The predicted molar refractivity (Wildman–Crippen MR) is 153 cm³/mol. The third-order valence-corrected chi connectivity index (χ3v) is 8.14. The molecule has 0 spiro atoms. The number of aromatic nitrogens is 2. The minimum atomic E-state index is -0.928. The van der Waals surface area contributed by atoms with E-state index in [1.54, 1.807) is 17.5 Å². The molecule has 0 saturated carbocycles. The molecule has 0 unspecified atom stereocenters. The maximum Gasteiger partial charge on any atom is 0.303 e. The highest BCUT2D eigenvalue weighted by Crippen LogP contribution is 2.41. The highest BCUT2D eigenvalue weighted by Gasteiger charge is 2.45. The summed E-state index contributed by atoms with van der Waals surface area (Å²) in [5.74, 6) is -1.49. The summed E-state index contributed by atoms with van der Waals surface area (Å²) in [4.78, 5) is 37.2. The number of hydrogen-bond acceptors (Lipinski definition) is 9. The maximum atomic E-state index is 12.3. The van der Waals surface area contributed by atoms with Crippen LogP contribution in [0.3, 0.4) is 0 Å². The molecule has 0 bridgehead atoms. The summed E-state index contributed by atoms with van der Waals surface area (Å²) in [7, 11) is 0. The Morgan fingerprint density at radius 1 is 1.02 bits per heavy atom. The molecule has 0 aliphatic carbocycles. The minimum absolute atomic E-state index is 0.0331. The first-order chi connectivity index (χ1) is 19.7. The van der Waals surface area contributed by atoms with Crippen molar-refractivity contribution in [1.29, 1.82) is 0 Å². The molecule has 4 aromatic rings. The van der Waals surface area contributed by atoms with Crippen LogP contribution < -0.4 is 0 Å². The van der Waals surface area contributed by atoms with Gasteiger partial charge in [-0.05, 0) is 53.3 Å². The lowest BCUT2D eigenvalue weighted by Gasteiger charge is -2.41. The van der Waals surface area contributed by atoms with Gasteiger partial charge in [-0.25, -0.2) is 0 Å². The van der Waals surface area contributed by atoms with Gasteiger partial charge in [-0.2, -0.15) is 5.10 Å². The highest BCUT2D eigenvalue weighted by molar-refractivity contribution is 7.19. The molecule has 0 amide bonds. The summed E-state index contributed by atoms with van der Waals surface area (Å²) in [6.45, 7) is 5.96. The fourth-order valence-corrected chi connectivity index (χ4v) is 6.38. The summed E-state index contributed by atoms with van der Waals surface area (Å²) in [5.41, 5.74) is 4.35. The number of carbonyl (C=O) groups excluding carboxylic acids is 3. The van der Waals surface area contributed by atoms with Crippen molar-refractivity contribution < 1.29 is 33.3 Å². The second-order valence-electron chi connectivity index (χ2n) is 10.2. The number of carbonyl (C=O) groups is 3. The van der Waals surface area contributed by atoms with E-state index in [1.165, 1.54) is 35.7 Å². The normalized spacial score (nSPS) is 20.5. The van der Waals surface area contributed by atoms with Gasteiger partial charge in [0.1, 0.15) is 18.8 Å². The molecule has 2 aromatic heterocycles. The Morgan fingerprint density at radius 3 is 2.49 bits per heavy atom. The molecule has 1 N–H and O–H groups in total. The summed E-state index contributed by atoms with van der Waals surface area (Å²) in [6, 6.07) is 16.4. The van der Waals surface area contributed by atoms with Crippen LogP contribution in [0.4, 0.5) is 0 Å². The average Bonchev–Trinajstić information content (AvgIpc) is 3.59. The molecule has 5 rings (SSSR count).